The van der Waals surface area contributed by atoms with Crippen molar-refractivity contribution in [3.8, 4) is 17.3 Å². The van der Waals surface area contributed by atoms with Gasteiger partial charge in [0.15, 0.2) is 14.0 Å². The first-order chi connectivity index (χ1) is 18.9. The average Bonchev–Trinajstić information content (AvgIpc) is 3.55. The average molecular weight is 563 g/mol. The summed E-state index contributed by atoms with van der Waals surface area (Å²) in [5.41, 5.74) is 3.53. The Hall–Kier alpha value is -3.70. The lowest BCUT2D eigenvalue weighted by molar-refractivity contribution is 0.102. The molecule has 0 radical (unpaired) electrons. The number of rotatable bonds is 7. The van der Waals surface area contributed by atoms with Crippen molar-refractivity contribution in [3.63, 3.8) is 0 Å². The Balaban J connectivity index is 1.36. The lowest BCUT2D eigenvalue weighted by Gasteiger charge is -2.42. The van der Waals surface area contributed by atoms with E-state index in [9.17, 15) is 4.79 Å². The van der Waals surface area contributed by atoms with Crippen molar-refractivity contribution in [2.75, 3.05) is 30.4 Å². The molecule has 1 N–H and O–H groups in total. The number of piperidine rings is 1. The number of aromatic nitrogens is 4. The zero-order valence-electron chi connectivity index (χ0n) is 24.3. The number of nitrogens with one attached hydrogen (secondary N) is 1. The van der Waals surface area contributed by atoms with Gasteiger partial charge in [0.25, 0.3) is 5.91 Å². The molecule has 0 unspecified atom stereocenters. The van der Waals surface area contributed by atoms with Crippen molar-refractivity contribution >= 4 is 36.5 Å². The molecule has 11 heteroatoms. The third-order valence-electron chi connectivity index (χ3n) is 8.09. The highest BCUT2D eigenvalue weighted by Gasteiger charge is 2.39. The number of amides is 1. The summed E-state index contributed by atoms with van der Waals surface area (Å²) in [5, 5.41) is 8.62. The van der Waals surface area contributed by atoms with Gasteiger partial charge in [0.2, 0.25) is 11.8 Å². The Kier molecular flexibility index (Phi) is 7.45. The first-order valence-corrected chi connectivity index (χ1v) is 16.5. The Labute approximate surface area is 235 Å². The molecule has 40 heavy (non-hydrogen) atoms. The van der Waals surface area contributed by atoms with Crippen LogP contribution in [0.25, 0.3) is 22.4 Å². The maximum absolute atomic E-state index is 13.3. The third kappa shape index (κ3) is 5.61. The summed E-state index contributed by atoms with van der Waals surface area (Å²) in [7, 11) is 1.63. The number of carbonyl (C=O) groups excluding carboxylic acids is 1. The molecule has 4 aromatic rings. The molecule has 0 aliphatic carbocycles. The van der Waals surface area contributed by atoms with Gasteiger partial charge in [-0.2, -0.15) is 5.10 Å². The summed E-state index contributed by atoms with van der Waals surface area (Å²) in [4.78, 5) is 24.2. The molecule has 5 rings (SSSR count). The van der Waals surface area contributed by atoms with Crippen LogP contribution in [0, 0.1) is 0 Å². The Bertz CT molecular complexity index is 1510. The standard InChI is InChI=1S/C29H38N6O4Si/c1-29(2,3)40(6,7)39-21-9-12-35(13-10-21)25-16-24-20(17-31-34(24)4)14-22(25)32-27(36)23-18-38-28(33-23)19-8-11-30-26(15-19)37-5/h8,11,14-18,21H,9-10,12-13H2,1-7H3,(H,32,36). The number of ether oxygens (including phenoxy) is 1. The molecule has 1 aliphatic rings. The van der Waals surface area contributed by atoms with Gasteiger partial charge in [0, 0.05) is 49.5 Å². The van der Waals surface area contributed by atoms with Crippen molar-refractivity contribution in [3.05, 3.63) is 48.6 Å². The Morgan fingerprint density at radius 3 is 2.62 bits per heavy atom. The van der Waals surface area contributed by atoms with Gasteiger partial charge in [0.05, 0.1) is 30.2 Å². The van der Waals surface area contributed by atoms with E-state index in [-0.39, 0.29) is 22.7 Å². The van der Waals surface area contributed by atoms with E-state index in [2.05, 4.69) is 65.2 Å². The van der Waals surface area contributed by atoms with Crippen molar-refractivity contribution in [1.82, 2.24) is 19.7 Å². The number of anilines is 2. The normalized spacial score (nSPS) is 15.0. The van der Waals surface area contributed by atoms with Gasteiger partial charge in [-0.1, -0.05) is 20.8 Å². The summed E-state index contributed by atoms with van der Waals surface area (Å²) in [6.45, 7) is 13.1. The molecule has 1 amide bonds. The molecular formula is C29H38N6O4Si. The smallest absolute Gasteiger partial charge is 0.277 e. The summed E-state index contributed by atoms with van der Waals surface area (Å²) >= 11 is 0. The molecule has 0 saturated carbocycles. The van der Waals surface area contributed by atoms with E-state index in [4.69, 9.17) is 13.6 Å². The number of hydrogen-bond acceptors (Lipinski definition) is 8. The van der Waals surface area contributed by atoms with Gasteiger partial charge in [0.1, 0.15) is 6.26 Å². The van der Waals surface area contributed by atoms with E-state index in [1.165, 1.54) is 6.26 Å². The second kappa shape index (κ2) is 10.7. The molecule has 1 fully saturated rings. The van der Waals surface area contributed by atoms with Gasteiger partial charge in [-0.25, -0.2) is 9.97 Å². The van der Waals surface area contributed by atoms with Gasteiger partial charge >= 0.3 is 0 Å². The molecule has 1 saturated heterocycles. The predicted octanol–water partition coefficient (Wildman–Crippen LogP) is 5.87. The van der Waals surface area contributed by atoms with Gasteiger partial charge < -0.3 is 23.8 Å². The number of oxazole rings is 1. The van der Waals surface area contributed by atoms with E-state index >= 15 is 0 Å². The quantitative estimate of drug-likeness (QED) is 0.279. The number of nitrogens with zero attached hydrogens (tertiary/aromatic N) is 5. The zero-order chi connectivity index (χ0) is 28.7. The fourth-order valence-corrected chi connectivity index (χ4v) is 6.13. The number of aryl methyl sites for hydroxylation is 1. The highest BCUT2D eigenvalue weighted by atomic mass is 28.4. The summed E-state index contributed by atoms with van der Waals surface area (Å²) in [6, 6.07) is 7.54. The minimum atomic E-state index is -1.84. The lowest BCUT2D eigenvalue weighted by atomic mass is 10.1. The summed E-state index contributed by atoms with van der Waals surface area (Å²) < 4.78 is 19.4. The second-order valence-electron chi connectivity index (χ2n) is 11.8. The van der Waals surface area contributed by atoms with Crippen LogP contribution in [-0.2, 0) is 11.5 Å². The lowest BCUT2D eigenvalue weighted by Crippen LogP contribution is -2.47. The van der Waals surface area contributed by atoms with E-state index in [1.807, 2.05) is 17.8 Å². The molecule has 3 aromatic heterocycles. The number of fused-ring (bicyclic) bond motifs is 1. The number of carbonyl (C=O) groups is 1. The molecule has 4 heterocycles. The van der Waals surface area contributed by atoms with Gasteiger partial charge in [-0.3, -0.25) is 9.48 Å². The molecule has 1 aliphatic heterocycles. The maximum atomic E-state index is 13.3. The highest BCUT2D eigenvalue weighted by Crippen LogP contribution is 2.39. The summed E-state index contributed by atoms with van der Waals surface area (Å²) in [6.07, 6.45) is 6.89. The molecular weight excluding hydrogens is 524 g/mol. The number of benzene rings is 1. The van der Waals surface area contributed by atoms with E-state index in [0.29, 0.717) is 23.0 Å². The first kappa shape index (κ1) is 27.8. The Morgan fingerprint density at radius 1 is 1.18 bits per heavy atom. The Morgan fingerprint density at radius 2 is 1.93 bits per heavy atom. The minimum Gasteiger partial charge on any atom is -0.481 e. The van der Waals surface area contributed by atoms with Gasteiger partial charge in [-0.15, -0.1) is 0 Å². The second-order valence-corrected chi connectivity index (χ2v) is 16.6. The van der Waals surface area contributed by atoms with Crippen LogP contribution in [0.15, 0.2) is 47.3 Å². The van der Waals surface area contributed by atoms with Crippen LogP contribution in [0.5, 0.6) is 5.88 Å². The zero-order valence-corrected chi connectivity index (χ0v) is 25.3. The topological polar surface area (TPSA) is 108 Å². The fourth-order valence-electron chi connectivity index (χ4n) is 4.71. The molecule has 1 aromatic carbocycles. The molecule has 0 atom stereocenters. The fraction of sp³-hybridized carbons (Fsp3) is 0.448. The van der Waals surface area contributed by atoms with Crippen LogP contribution in [0.1, 0.15) is 44.1 Å². The van der Waals surface area contributed by atoms with E-state index in [1.54, 1.807) is 31.6 Å². The molecule has 0 bridgehead atoms. The van der Waals surface area contributed by atoms with Crippen LogP contribution in [0.2, 0.25) is 18.1 Å². The molecule has 212 valence electrons. The number of methoxy groups -OCH3 is 1. The van der Waals surface area contributed by atoms with Gasteiger partial charge in [-0.05, 0) is 49.2 Å². The largest absolute Gasteiger partial charge is 0.481 e. The minimum absolute atomic E-state index is 0.177. The van der Waals surface area contributed by atoms with E-state index in [0.717, 1.165) is 42.5 Å². The number of pyridine rings is 1. The molecule has 0 spiro atoms. The maximum Gasteiger partial charge on any atom is 0.277 e. The first-order valence-electron chi connectivity index (χ1n) is 13.6. The van der Waals surface area contributed by atoms with Crippen molar-refractivity contribution in [2.24, 2.45) is 7.05 Å². The molecule has 10 nitrogen and oxygen atoms in total. The van der Waals surface area contributed by atoms with Crippen LogP contribution in [0.3, 0.4) is 0 Å². The SMILES string of the molecule is COc1cc(-c2nc(C(=O)Nc3cc4cnn(C)c4cc3N3CCC(O[Si](C)(C)C(C)(C)C)CC3)co2)ccn1. The number of hydrogen-bond donors (Lipinski definition) is 1. The highest BCUT2D eigenvalue weighted by molar-refractivity contribution is 6.74. The van der Waals surface area contributed by atoms with Crippen LogP contribution >= 0.6 is 0 Å². The van der Waals surface area contributed by atoms with Crippen LogP contribution in [-0.4, -0.2) is 60.3 Å². The van der Waals surface area contributed by atoms with Crippen molar-refractivity contribution in [2.45, 2.75) is 57.8 Å². The summed E-state index contributed by atoms with van der Waals surface area (Å²) in [5.74, 6) is 0.406. The third-order valence-corrected chi connectivity index (χ3v) is 12.6. The van der Waals surface area contributed by atoms with Crippen LogP contribution < -0.4 is 15.0 Å². The monoisotopic (exact) mass is 562 g/mol. The van der Waals surface area contributed by atoms with Crippen molar-refractivity contribution in [1.29, 1.82) is 0 Å². The predicted molar refractivity (Wildman–Crippen MR) is 158 cm³/mol. The van der Waals surface area contributed by atoms with Crippen molar-refractivity contribution < 1.29 is 18.4 Å². The van der Waals surface area contributed by atoms with E-state index < -0.39 is 8.32 Å². The van der Waals surface area contributed by atoms with Crippen LogP contribution in [0.4, 0.5) is 11.4 Å².